The van der Waals surface area contributed by atoms with Crippen molar-refractivity contribution in [1.29, 1.82) is 0 Å². The molecule has 1 aromatic carbocycles. The molecular weight excluding hydrogens is 260 g/mol. The van der Waals surface area contributed by atoms with E-state index in [1.54, 1.807) is 0 Å². The van der Waals surface area contributed by atoms with E-state index in [1.807, 2.05) is 0 Å². The average Bonchev–Trinajstić information content (AvgIpc) is 2.54. The van der Waals surface area contributed by atoms with Gasteiger partial charge < -0.3 is 10.1 Å². The molecule has 21 heavy (non-hydrogen) atoms. The van der Waals surface area contributed by atoms with Crippen LogP contribution in [0.5, 0.6) is 0 Å². The molecule has 1 aromatic rings. The summed E-state index contributed by atoms with van der Waals surface area (Å²) < 4.78 is 5.79. The number of benzene rings is 1. The highest BCUT2D eigenvalue weighted by atomic mass is 16.5. The highest BCUT2D eigenvalue weighted by Crippen LogP contribution is 2.43. The second-order valence-electron chi connectivity index (χ2n) is 7.10. The van der Waals surface area contributed by atoms with Crippen molar-refractivity contribution in [1.82, 2.24) is 10.2 Å². The monoisotopic (exact) mass is 286 g/mol. The number of nitrogens with zero attached hydrogens (tertiary/aromatic N) is 1. The first kappa shape index (κ1) is 13.7. The van der Waals surface area contributed by atoms with E-state index in [4.69, 9.17) is 4.74 Å². The van der Waals surface area contributed by atoms with Gasteiger partial charge in [-0.15, -0.1) is 0 Å². The van der Waals surface area contributed by atoms with Crippen LogP contribution >= 0.6 is 0 Å². The fourth-order valence-corrected chi connectivity index (χ4v) is 4.51. The summed E-state index contributed by atoms with van der Waals surface area (Å²) >= 11 is 0. The molecule has 3 aliphatic heterocycles. The first-order chi connectivity index (χ1) is 10.4. The normalized spacial score (nSPS) is 32.8. The summed E-state index contributed by atoms with van der Waals surface area (Å²) in [5.41, 5.74) is 2.08. The van der Waals surface area contributed by atoms with Crippen LogP contribution in [-0.2, 0) is 4.74 Å². The maximum Gasteiger partial charge on any atom is 0.0549 e. The summed E-state index contributed by atoms with van der Waals surface area (Å²) in [5.74, 6) is 0.555. The molecule has 0 saturated carbocycles. The van der Waals surface area contributed by atoms with Crippen LogP contribution < -0.4 is 5.32 Å². The molecule has 3 saturated heterocycles. The number of hydrogen-bond acceptors (Lipinski definition) is 3. The summed E-state index contributed by atoms with van der Waals surface area (Å²) in [6, 6.07) is 11.6. The molecule has 3 heteroatoms. The number of ether oxygens (including phenoxy) is 1. The molecule has 1 spiro atoms. The smallest absolute Gasteiger partial charge is 0.0549 e. The minimum Gasteiger partial charge on any atom is -0.381 e. The molecule has 0 aliphatic carbocycles. The quantitative estimate of drug-likeness (QED) is 0.902. The lowest BCUT2D eigenvalue weighted by Crippen LogP contribution is -2.64. The maximum atomic E-state index is 5.79. The summed E-state index contributed by atoms with van der Waals surface area (Å²) in [7, 11) is 0. The van der Waals surface area contributed by atoms with Gasteiger partial charge in [-0.05, 0) is 43.3 Å². The van der Waals surface area contributed by atoms with Crippen molar-refractivity contribution in [2.24, 2.45) is 5.41 Å². The van der Waals surface area contributed by atoms with E-state index in [9.17, 15) is 0 Å². The van der Waals surface area contributed by atoms with Crippen LogP contribution in [0.15, 0.2) is 30.3 Å². The van der Waals surface area contributed by atoms with Gasteiger partial charge >= 0.3 is 0 Å². The zero-order valence-corrected chi connectivity index (χ0v) is 12.8. The van der Waals surface area contributed by atoms with Gasteiger partial charge in [-0.25, -0.2) is 0 Å². The fourth-order valence-electron chi connectivity index (χ4n) is 4.51. The van der Waals surface area contributed by atoms with Crippen LogP contribution in [0.25, 0.3) is 0 Å². The Hall–Kier alpha value is -0.900. The Bertz CT molecular complexity index is 461. The number of piperidine rings is 1. The van der Waals surface area contributed by atoms with Gasteiger partial charge in [-0.3, -0.25) is 4.90 Å². The predicted octanol–water partition coefficient (Wildman–Crippen LogP) is 2.24. The maximum absolute atomic E-state index is 5.79. The lowest BCUT2D eigenvalue weighted by atomic mass is 9.70. The molecule has 1 N–H and O–H groups in total. The lowest BCUT2D eigenvalue weighted by Gasteiger charge is -2.57. The second-order valence-corrected chi connectivity index (χ2v) is 7.10. The van der Waals surface area contributed by atoms with Gasteiger partial charge in [0.2, 0.25) is 0 Å². The van der Waals surface area contributed by atoms with E-state index in [0.717, 1.165) is 13.2 Å². The van der Waals surface area contributed by atoms with Gasteiger partial charge in [0.25, 0.3) is 0 Å². The van der Waals surface area contributed by atoms with Crippen molar-refractivity contribution in [3.63, 3.8) is 0 Å². The van der Waals surface area contributed by atoms with Crippen LogP contribution in [-0.4, -0.2) is 50.3 Å². The molecule has 0 amide bonds. The molecule has 0 aromatic heterocycles. The van der Waals surface area contributed by atoms with Gasteiger partial charge in [-0.2, -0.15) is 0 Å². The summed E-state index contributed by atoms with van der Waals surface area (Å²) in [5, 5.41) is 3.50. The van der Waals surface area contributed by atoms with Crippen molar-refractivity contribution in [3.8, 4) is 0 Å². The zero-order valence-electron chi connectivity index (χ0n) is 12.8. The largest absolute Gasteiger partial charge is 0.381 e. The van der Waals surface area contributed by atoms with Crippen molar-refractivity contribution in [2.75, 3.05) is 39.4 Å². The fraction of sp³-hybridized carbons (Fsp3) is 0.667. The number of hydrogen-bond donors (Lipinski definition) is 1. The molecule has 3 aliphatic rings. The van der Waals surface area contributed by atoms with E-state index in [0.29, 0.717) is 17.4 Å². The third-order valence-corrected chi connectivity index (χ3v) is 5.76. The summed E-state index contributed by atoms with van der Waals surface area (Å²) in [6.07, 6.45) is 3.92. The van der Waals surface area contributed by atoms with E-state index < -0.39 is 0 Å². The molecule has 2 unspecified atom stereocenters. The third kappa shape index (κ3) is 2.63. The van der Waals surface area contributed by atoms with E-state index in [1.165, 1.54) is 51.0 Å². The van der Waals surface area contributed by atoms with E-state index in [-0.39, 0.29) is 0 Å². The molecule has 0 radical (unpaired) electrons. The number of nitrogens with one attached hydrogen (secondary N) is 1. The van der Waals surface area contributed by atoms with Gasteiger partial charge in [0.1, 0.15) is 0 Å². The predicted molar refractivity (Wildman–Crippen MR) is 84.5 cm³/mol. The lowest BCUT2D eigenvalue weighted by molar-refractivity contribution is -0.0861. The molecular formula is C18H26N2O. The molecule has 4 rings (SSSR count). The van der Waals surface area contributed by atoms with Gasteiger partial charge in [0.05, 0.1) is 6.61 Å². The Morgan fingerprint density at radius 3 is 2.62 bits per heavy atom. The Labute approximate surface area is 127 Å². The Balaban J connectivity index is 1.46. The summed E-state index contributed by atoms with van der Waals surface area (Å²) in [4.78, 5) is 2.74. The van der Waals surface area contributed by atoms with Gasteiger partial charge in [-0.1, -0.05) is 30.3 Å². The SMILES string of the molecule is c1ccc(C2COCCC2N2CC3(CCNCC3)C2)cc1. The van der Waals surface area contributed by atoms with Gasteiger partial charge in [0, 0.05) is 31.7 Å². The van der Waals surface area contributed by atoms with Crippen molar-refractivity contribution in [2.45, 2.75) is 31.2 Å². The zero-order chi connectivity index (χ0) is 14.1. The van der Waals surface area contributed by atoms with Crippen molar-refractivity contribution in [3.05, 3.63) is 35.9 Å². The first-order valence-corrected chi connectivity index (χ1v) is 8.44. The van der Waals surface area contributed by atoms with E-state index in [2.05, 4.69) is 40.5 Å². The Morgan fingerprint density at radius 2 is 1.86 bits per heavy atom. The number of rotatable bonds is 2. The van der Waals surface area contributed by atoms with Crippen LogP contribution in [0.4, 0.5) is 0 Å². The molecule has 3 nitrogen and oxygen atoms in total. The Kier molecular flexibility index (Phi) is 3.74. The summed E-state index contributed by atoms with van der Waals surface area (Å²) in [6.45, 7) is 6.86. The first-order valence-electron chi connectivity index (χ1n) is 8.44. The van der Waals surface area contributed by atoms with Crippen LogP contribution in [0, 0.1) is 5.41 Å². The topological polar surface area (TPSA) is 24.5 Å². The van der Waals surface area contributed by atoms with Crippen LogP contribution in [0.2, 0.25) is 0 Å². The molecule has 3 fully saturated rings. The van der Waals surface area contributed by atoms with Crippen molar-refractivity contribution >= 4 is 0 Å². The third-order valence-electron chi connectivity index (χ3n) is 5.76. The molecule has 3 heterocycles. The minimum absolute atomic E-state index is 0.555. The molecule has 0 bridgehead atoms. The van der Waals surface area contributed by atoms with Crippen molar-refractivity contribution < 1.29 is 4.74 Å². The van der Waals surface area contributed by atoms with Gasteiger partial charge in [0.15, 0.2) is 0 Å². The average molecular weight is 286 g/mol. The van der Waals surface area contributed by atoms with E-state index >= 15 is 0 Å². The standard InChI is InChI=1S/C18H26N2O/c1-2-4-15(5-3-1)16-12-21-11-6-17(16)20-13-18(14-20)7-9-19-10-8-18/h1-5,16-17,19H,6-14H2. The molecule has 114 valence electrons. The second kappa shape index (κ2) is 5.71. The van der Waals surface area contributed by atoms with Crippen LogP contribution in [0.1, 0.15) is 30.7 Å². The van der Waals surface area contributed by atoms with Crippen LogP contribution in [0.3, 0.4) is 0 Å². The minimum atomic E-state index is 0.555. The Morgan fingerprint density at radius 1 is 1.10 bits per heavy atom. The highest BCUT2D eigenvalue weighted by Gasteiger charge is 2.47. The molecule has 2 atom stereocenters. The highest BCUT2D eigenvalue weighted by molar-refractivity contribution is 5.23. The number of likely N-dealkylation sites (tertiary alicyclic amines) is 1.